The summed E-state index contributed by atoms with van der Waals surface area (Å²) in [4.78, 5) is 56.1. The second-order valence-electron chi connectivity index (χ2n) is 12.5. The number of hydrogen-bond acceptors (Lipinski definition) is 4. The van der Waals surface area contributed by atoms with E-state index in [2.05, 4.69) is 10.6 Å². The van der Waals surface area contributed by atoms with Gasteiger partial charge in [-0.3, -0.25) is 19.2 Å². The molecule has 244 valence electrons. The van der Waals surface area contributed by atoms with Gasteiger partial charge in [-0.15, -0.1) is 0 Å². The molecule has 4 aromatic rings. The molecule has 0 spiro atoms. The van der Waals surface area contributed by atoms with Crippen LogP contribution in [0.5, 0.6) is 0 Å². The van der Waals surface area contributed by atoms with Gasteiger partial charge in [0.15, 0.2) is 0 Å². The zero-order chi connectivity index (χ0) is 33.6. The van der Waals surface area contributed by atoms with E-state index >= 15 is 0 Å². The molecule has 0 unspecified atom stereocenters. The van der Waals surface area contributed by atoms with Crippen molar-refractivity contribution in [2.75, 3.05) is 23.7 Å². The molecule has 2 aliphatic rings. The van der Waals surface area contributed by atoms with Crippen LogP contribution >= 0.6 is 0 Å². The van der Waals surface area contributed by atoms with Crippen LogP contribution in [0.2, 0.25) is 0 Å². The number of aryl methyl sites for hydroxylation is 2. The molecule has 2 N–H and O–H groups in total. The molecule has 0 aliphatic carbocycles. The fraction of sp³-hybridized carbons (Fsp3) is 0.250. The van der Waals surface area contributed by atoms with Crippen molar-refractivity contribution in [1.29, 1.82) is 0 Å². The number of nitrogens with one attached hydrogen (secondary N) is 2. The Balaban J connectivity index is 1.02. The van der Waals surface area contributed by atoms with Gasteiger partial charge in [-0.05, 0) is 98.2 Å². The predicted octanol–water partition coefficient (Wildman–Crippen LogP) is 6.96. The molecular formula is C40H40N4O4. The lowest BCUT2D eigenvalue weighted by molar-refractivity contribution is -0.120. The van der Waals surface area contributed by atoms with Gasteiger partial charge in [0.1, 0.15) is 12.1 Å². The van der Waals surface area contributed by atoms with E-state index in [-0.39, 0.29) is 23.6 Å². The van der Waals surface area contributed by atoms with Gasteiger partial charge in [-0.1, -0.05) is 72.8 Å². The maximum atomic E-state index is 13.2. The number of carbonyl (C=O) groups excluding carboxylic acids is 4. The van der Waals surface area contributed by atoms with Crippen LogP contribution in [0, 0.1) is 13.8 Å². The number of benzene rings is 4. The number of hydrogen-bond donors (Lipinski definition) is 2. The summed E-state index contributed by atoms with van der Waals surface area (Å²) in [7, 11) is 0. The largest absolute Gasteiger partial charge is 0.327 e. The van der Waals surface area contributed by atoms with Gasteiger partial charge in [-0.2, -0.15) is 0 Å². The Bertz CT molecular complexity index is 1710. The summed E-state index contributed by atoms with van der Waals surface area (Å²) in [6.07, 6.45) is 6.82. The molecule has 6 rings (SSSR count). The van der Waals surface area contributed by atoms with E-state index < -0.39 is 12.1 Å². The smallest absolute Gasteiger partial charge is 0.254 e. The second kappa shape index (κ2) is 14.5. The summed E-state index contributed by atoms with van der Waals surface area (Å²) in [6.45, 7) is 4.95. The molecule has 0 saturated carbocycles. The van der Waals surface area contributed by atoms with Crippen LogP contribution in [0.3, 0.4) is 0 Å². The van der Waals surface area contributed by atoms with Gasteiger partial charge >= 0.3 is 0 Å². The van der Waals surface area contributed by atoms with Gasteiger partial charge in [0.05, 0.1) is 0 Å². The summed E-state index contributed by atoms with van der Waals surface area (Å²) >= 11 is 0. The highest BCUT2D eigenvalue weighted by molar-refractivity contribution is 6.03. The maximum Gasteiger partial charge on any atom is 0.254 e. The van der Waals surface area contributed by atoms with Gasteiger partial charge in [-0.25, -0.2) is 0 Å². The Morgan fingerprint density at radius 1 is 0.562 bits per heavy atom. The van der Waals surface area contributed by atoms with E-state index in [1.165, 1.54) is 0 Å². The minimum Gasteiger partial charge on any atom is -0.327 e. The Labute approximate surface area is 281 Å². The first-order chi connectivity index (χ1) is 23.3. The van der Waals surface area contributed by atoms with Gasteiger partial charge in [0.2, 0.25) is 11.8 Å². The number of anilines is 2. The second-order valence-corrected chi connectivity index (χ2v) is 12.5. The average molecular weight is 641 g/mol. The molecule has 4 amide bonds. The van der Waals surface area contributed by atoms with Crippen LogP contribution in [-0.4, -0.2) is 58.6 Å². The highest BCUT2D eigenvalue weighted by Gasteiger charge is 2.36. The highest BCUT2D eigenvalue weighted by Crippen LogP contribution is 2.25. The SMILES string of the molecule is Cc1ccccc1C(=O)N1CCC[C@H]1C(=O)Nc1ccc(/C=C/c2ccc(NC(=O)[C@@H]3CCCN3C(=O)c3ccccc3C)cc2)cc1. The minimum atomic E-state index is -0.498. The number of likely N-dealkylation sites (tertiary alicyclic amines) is 2. The summed E-state index contributed by atoms with van der Waals surface area (Å²) in [5, 5.41) is 5.97. The van der Waals surface area contributed by atoms with Crippen LogP contribution in [-0.2, 0) is 9.59 Å². The van der Waals surface area contributed by atoms with Crippen molar-refractivity contribution in [2.45, 2.75) is 51.6 Å². The van der Waals surface area contributed by atoms with Crippen molar-refractivity contribution < 1.29 is 19.2 Å². The first kappa shape index (κ1) is 32.4. The Kier molecular flexibility index (Phi) is 9.80. The number of rotatable bonds is 8. The van der Waals surface area contributed by atoms with Crippen LogP contribution in [0.25, 0.3) is 12.2 Å². The molecule has 2 aliphatic heterocycles. The zero-order valence-electron chi connectivity index (χ0n) is 27.3. The summed E-state index contributed by atoms with van der Waals surface area (Å²) in [6, 6.07) is 29.1. The lowest BCUT2D eigenvalue weighted by atomic mass is 10.1. The van der Waals surface area contributed by atoms with E-state index in [9.17, 15) is 19.2 Å². The molecule has 2 saturated heterocycles. The summed E-state index contributed by atoms with van der Waals surface area (Å²) in [5.74, 6) is -0.563. The van der Waals surface area contributed by atoms with E-state index in [1.54, 1.807) is 9.80 Å². The zero-order valence-corrected chi connectivity index (χ0v) is 27.3. The molecule has 0 radical (unpaired) electrons. The number of amides is 4. The Morgan fingerprint density at radius 3 is 1.31 bits per heavy atom. The molecule has 2 fully saturated rings. The Hall–Kier alpha value is -5.50. The lowest BCUT2D eigenvalue weighted by Gasteiger charge is -2.24. The quantitative estimate of drug-likeness (QED) is 0.204. The van der Waals surface area contributed by atoms with Crippen LogP contribution in [0.15, 0.2) is 97.1 Å². The third-order valence-electron chi connectivity index (χ3n) is 9.21. The maximum absolute atomic E-state index is 13.2. The highest BCUT2D eigenvalue weighted by atomic mass is 16.2. The van der Waals surface area contributed by atoms with E-state index in [0.717, 1.165) is 35.1 Å². The third-order valence-corrected chi connectivity index (χ3v) is 9.21. The molecule has 2 heterocycles. The normalized spacial score (nSPS) is 17.5. The summed E-state index contributed by atoms with van der Waals surface area (Å²) < 4.78 is 0. The molecule has 4 aromatic carbocycles. The monoisotopic (exact) mass is 640 g/mol. The topological polar surface area (TPSA) is 98.8 Å². The van der Waals surface area contributed by atoms with Gasteiger partial charge < -0.3 is 20.4 Å². The summed E-state index contributed by atoms with van der Waals surface area (Å²) in [5.41, 5.74) is 6.34. The average Bonchev–Trinajstić information content (AvgIpc) is 3.80. The first-order valence-electron chi connectivity index (χ1n) is 16.5. The fourth-order valence-corrected chi connectivity index (χ4v) is 6.50. The fourth-order valence-electron chi connectivity index (χ4n) is 6.50. The van der Waals surface area contributed by atoms with E-state index in [0.29, 0.717) is 48.4 Å². The van der Waals surface area contributed by atoms with E-state index in [4.69, 9.17) is 0 Å². The van der Waals surface area contributed by atoms with Crippen LogP contribution in [0.1, 0.15) is 68.7 Å². The van der Waals surface area contributed by atoms with Crippen molar-refractivity contribution in [2.24, 2.45) is 0 Å². The molecule has 0 aromatic heterocycles. The van der Waals surface area contributed by atoms with Crippen molar-refractivity contribution in [3.8, 4) is 0 Å². The van der Waals surface area contributed by atoms with E-state index in [1.807, 2.05) is 123 Å². The molecule has 2 atom stereocenters. The van der Waals surface area contributed by atoms with Crippen molar-refractivity contribution >= 4 is 47.2 Å². The predicted molar refractivity (Wildman–Crippen MR) is 190 cm³/mol. The standard InChI is InChI=1S/C40H40N4O4/c1-27-9-3-5-11-33(27)39(47)43-25-7-13-35(43)37(45)41-31-21-17-29(18-22-31)15-16-30-19-23-32(24-20-30)42-38(46)36-14-8-26-44(36)40(48)34-12-6-4-10-28(34)2/h3-6,9-12,15-24,35-36H,7-8,13-14,25-26H2,1-2H3,(H,41,45)(H,42,46)/b16-15+/t35-,36-/m0/s1. The molecule has 8 nitrogen and oxygen atoms in total. The lowest BCUT2D eigenvalue weighted by Crippen LogP contribution is -2.43. The number of carbonyl (C=O) groups is 4. The number of nitrogens with zero attached hydrogens (tertiary/aromatic N) is 2. The minimum absolute atomic E-state index is 0.104. The van der Waals surface area contributed by atoms with Crippen LogP contribution < -0.4 is 10.6 Å². The van der Waals surface area contributed by atoms with Crippen molar-refractivity contribution in [3.63, 3.8) is 0 Å². The van der Waals surface area contributed by atoms with Crippen molar-refractivity contribution in [3.05, 3.63) is 130 Å². The van der Waals surface area contributed by atoms with Crippen molar-refractivity contribution in [1.82, 2.24) is 9.80 Å². The molecule has 0 bridgehead atoms. The molecular weight excluding hydrogens is 600 g/mol. The molecule has 48 heavy (non-hydrogen) atoms. The first-order valence-corrected chi connectivity index (χ1v) is 16.5. The Morgan fingerprint density at radius 2 is 0.938 bits per heavy atom. The van der Waals surface area contributed by atoms with Gasteiger partial charge in [0, 0.05) is 35.6 Å². The van der Waals surface area contributed by atoms with Crippen LogP contribution in [0.4, 0.5) is 11.4 Å². The molecule has 8 heteroatoms. The third kappa shape index (κ3) is 7.23. The van der Waals surface area contributed by atoms with Gasteiger partial charge in [0.25, 0.3) is 11.8 Å².